The number of carbonyl (C=O) groups excluding carboxylic acids is 3. The lowest BCUT2D eigenvalue weighted by Gasteiger charge is -2.39. The second kappa shape index (κ2) is 10.8. The van der Waals surface area contributed by atoms with Gasteiger partial charge in [-0.2, -0.15) is 4.31 Å². The van der Waals surface area contributed by atoms with Gasteiger partial charge in [0, 0.05) is 41.9 Å². The number of ketones is 1. The van der Waals surface area contributed by atoms with Crippen LogP contribution in [0.2, 0.25) is 0 Å². The van der Waals surface area contributed by atoms with Crippen LogP contribution in [0.1, 0.15) is 31.8 Å². The van der Waals surface area contributed by atoms with E-state index in [0.29, 0.717) is 16.7 Å². The first-order chi connectivity index (χ1) is 17.8. The summed E-state index contributed by atoms with van der Waals surface area (Å²) in [6.45, 7) is -0.439. The molecule has 3 aromatic carbocycles. The van der Waals surface area contributed by atoms with Gasteiger partial charge in [-0.25, -0.2) is 13.9 Å². The lowest BCUT2D eigenvalue weighted by atomic mass is 10.0. The van der Waals surface area contributed by atoms with Crippen molar-refractivity contribution < 1.29 is 28.0 Å². The molecule has 4 rings (SSSR count). The number of nitrogens with one attached hydrogen (secondary N) is 1. The van der Waals surface area contributed by atoms with Crippen molar-refractivity contribution >= 4 is 27.6 Å². The summed E-state index contributed by atoms with van der Waals surface area (Å²) in [6, 6.07) is 19.1. The van der Waals surface area contributed by atoms with Gasteiger partial charge in [0.2, 0.25) is 10.0 Å². The third-order valence-electron chi connectivity index (χ3n) is 6.09. The van der Waals surface area contributed by atoms with E-state index in [1.165, 1.54) is 46.8 Å². The minimum atomic E-state index is -4.13. The van der Waals surface area contributed by atoms with Crippen molar-refractivity contribution in [1.82, 2.24) is 14.7 Å². The summed E-state index contributed by atoms with van der Waals surface area (Å²) in [5.41, 5.74) is 3.19. The number of sulfonamides is 1. The first kappa shape index (κ1) is 25.8. The first-order valence-electron chi connectivity index (χ1n) is 11.3. The van der Waals surface area contributed by atoms with Crippen LogP contribution in [-0.4, -0.2) is 66.1 Å². The van der Waals surface area contributed by atoms with E-state index in [-0.39, 0.29) is 35.9 Å². The molecule has 37 heavy (non-hydrogen) atoms. The van der Waals surface area contributed by atoms with Gasteiger partial charge in [-0.1, -0.05) is 48.4 Å². The van der Waals surface area contributed by atoms with Gasteiger partial charge in [0.25, 0.3) is 11.8 Å². The Morgan fingerprint density at radius 1 is 0.865 bits per heavy atom. The Morgan fingerprint density at radius 2 is 1.46 bits per heavy atom. The number of amides is 2. The molecule has 188 valence electrons. The Hall–Kier alpha value is -4.30. The Balaban J connectivity index is 1.53. The summed E-state index contributed by atoms with van der Waals surface area (Å²) in [5.74, 6) is 0.810. The maximum absolute atomic E-state index is 13.3. The van der Waals surface area contributed by atoms with Crippen LogP contribution < -0.4 is 5.48 Å². The number of carbonyl (C=O) groups is 3. The predicted molar refractivity (Wildman–Crippen MR) is 134 cm³/mol. The van der Waals surface area contributed by atoms with Crippen LogP contribution in [0.5, 0.6) is 0 Å². The second-order valence-electron chi connectivity index (χ2n) is 8.30. The number of rotatable bonds is 6. The highest BCUT2D eigenvalue weighted by Crippen LogP contribution is 2.23. The van der Waals surface area contributed by atoms with Gasteiger partial charge in [-0.05, 0) is 36.4 Å². The van der Waals surface area contributed by atoms with Crippen molar-refractivity contribution in [3.05, 3.63) is 101 Å². The number of hydrogen-bond donors (Lipinski definition) is 2. The third-order valence-corrected chi connectivity index (χ3v) is 8.01. The van der Waals surface area contributed by atoms with Gasteiger partial charge in [0.1, 0.15) is 6.04 Å². The Bertz CT molecular complexity index is 1460. The number of benzene rings is 3. The molecular formula is C27H23N3O6S. The molecule has 1 aliphatic heterocycles. The molecule has 0 saturated carbocycles. The minimum absolute atomic E-state index is 0.0143. The zero-order valence-electron chi connectivity index (χ0n) is 19.6. The molecular weight excluding hydrogens is 494 g/mol. The van der Waals surface area contributed by atoms with Crippen LogP contribution in [-0.2, 0) is 14.8 Å². The highest BCUT2D eigenvalue weighted by Gasteiger charge is 2.41. The van der Waals surface area contributed by atoms with Gasteiger partial charge >= 0.3 is 0 Å². The number of piperazine rings is 1. The lowest BCUT2D eigenvalue weighted by Crippen LogP contribution is -2.61. The quantitative estimate of drug-likeness (QED) is 0.223. The van der Waals surface area contributed by atoms with E-state index < -0.39 is 27.9 Å². The van der Waals surface area contributed by atoms with E-state index >= 15 is 0 Å². The van der Waals surface area contributed by atoms with Gasteiger partial charge < -0.3 is 4.90 Å². The molecule has 3 aromatic rings. The average molecular weight is 518 g/mol. The monoisotopic (exact) mass is 517 g/mol. The smallest absolute Gasteiger partial charge is 0.263 e. The third kappa shape index (κ3) is 5.29. The molecule has 1 unspecified atom stereocenters. The number of nitrogens with zero attached hydrogens (tertiary/aromatic N) is 2. The summed E-state index contributed by atoms with van der Waals surface area (Å²) in [6.07, 6.45) is 5.33. The predicted octanol–water partition coefficient (Wildman–Crippen LogP) is 1.92. The van der Waals surface area contributed by atoms with Crippen LogP contribution in [0, 0.1) is 12.3 Å². The molecule has 0 spiro atoms. The molecule has 1 fully saturated rings. The summed E-state index contributed by atoms with van der Waals surface area (Å²) in [5, 5.41) is 9.25. The van der Waals surface area contributed by atoms with E-state index in [1.807, 2.05) is 6.07 Å². The SMILES string of the molecule is C#Cc1ccc(S(=O)(=O)N2CCN(C(=O)c3ccc(C(=O)c4ccccc4)cc3)CC2C(=O)NO)cc1. The fraction of sp³-hybridized carbons (Fsp3) is 0.148. The maximum atomic E-state index is 13.3. The molecule has 1 aliphatic rings. The van der Waals surface area contributed by atoms with E-state index in [1.54, 1.807) is 36.4 Å². The molecule has 0 bridgehead atoms. The Morgan fingerprint density at radius 3 is 2.05 bits per heavy atom. The molecule has 9 nitrogen and oxygen atoms in total. The fourth-order valence-corrected chi connectivity index (χ4v) is 5.66. The van der Waals surface area contributed by atoms with Gasteiger partial charge in [-0.3, -0.25) is 19.6 Å². The van der Waals surface area contributed by atoms with Crippen LogP contribution in [0.15, 0.2) is 83.8 Å². The summed E-state index contributed by atoms with van der Waals surface area (Å²) in [7, 11) is -4.13. The molecule has 0 aliphatic carbocycles. The first-order valence-corrected chi connectivity index (χ1v) is 12.7. The van der Waals surface area contributed by atoms with Crippen LogP contribution in [0.3, 0.4) is 0 Å². The summed E-state index contributed by atoms with van der Waals surface area (Å²) >= 11 is 0. The Kier molecular flexibility index (Phi) is 7.50. The van der Waals surface area contributed by atoms with Crippen LogP contribution in [0.25, 0.3) is 0 Å². The lowest BCUT2D eigenvalue weighted by molar-refractivity contribution is -0.134. The highest BCUT2D eigenvalue weighted by atomic mass is 32.2. The van der Waals surface area contributed by atoms with Gasteiger partial charge in [0.05, 0.1) is 4.90 Å². The van der Waals surface area contributed by atoms with Crippen LogP contribution >= 0.6 is 0 Å². The molecule has 1 atom stereocenters. The van der Waals surface area contributed by atoms with E-state index in [4.69, 9.17) is 6.42 Å². The van der Waals surface area contributed by atoms with E-state index in [9.17, 15) is 28.0 Å². The second-order valence-corrected chi connectivity index (χ2v) is 10.2. The Labute approximate surface area is 214 Å². The normalized spacial score (nSPS) is 16.0. The molecule has 0 radical (unpaired) electrons. The largest absolute Gasteiger partial charge is 0.335 e. The average Bonchev–Trinajstić information content (AvgIpc) is 2.96. The maximum Gasteiger partial charge on any atom is 0.263 e. The molecule has 1 saturated heterocycles. The minimum Gasteiger partial charge on any atom is -0.335 e. The van der Waals surface area contributed by atoms with Crippen molar-refractivity contribution in [3.63, 3.8) is 0 Å². The molecule has 1 heterocycles. The van der Waals surface area contributed by atoms with Crippen LogP contribution in [0.4, 0.5) is 0 Å². The van der Waals surface area contributed by atoms with Gasteiger partial charge in [-0.15, -0.1) is 6.42 Å². The van der Waals surface area contributed by atoms with E-state index in [2.05, 4.69) is 5.92 Å². The van der Waals surface area contributed by atoms with Crippen molar-refractivity contribution in [2.75, 3.05) is 19.6 Å². The number of hydrogen-bond acceptors (Lipinski definition) is 6. The fourth-order valence-electron chi connectivity index (χ4n) is 4.09. The molecule has 10 heteroatoms. The molecule has 0 aromatic heterocycles. The van der Waals surface area contributed by atoms with E-state index in [0.717, 1.165) is 4.31 Å². The standard InChI is InChI=1S/C27H23N3O6S/c1-2-19-8-14-23(15-9-19)37(35,36)30-17-16-29(18-24(30)26(32)28-34)27(33)22-12-10-21(11-13-22)25(31)20-6-4-3-5-7-20/h1,3-15,24,34H,16-18H2,(H,28,32). The summed E-state index contributed by atoms with van der Waals surface area (Å²) in [4.78, 5) is 39.5. The molecule has 2 amide bonds. The highest BCUT2D eigenvalue weighted by molar-refractivity contribution is 7.89. The van der Waals surface area contributed by atoms with Crippen molar-refractivity contribution in [2.45, 2.75) is 10.9 Å². The molecule has 2 N–H and O–H groups in total. The zero-order valence-corrected chi connectivity index (χ0v) is 20.4. The van der Waals surface area contributed by atoms with Crippen molar-refractivity contribution in [2.24, 2.45) is 0 Å². The topological polar surface area (TPSA) is 124 Å². The van der Waals surface area contributed by atoms with Crippen molar-refractivity contribution in [1.29, 1.82) is 0 Å². The van der Waals surface area contributed by atoms with Gasteiger partial charge in [0.15, 0.2) is 5.78 Å². The van der Waals surface area contributed by atoms with Crippen molar-refractivity contribution in [3.8, 4) is 12.3 Å². The zero-order chi connectivity index (χ0) is 26.6. The number of hydroxylamine groups is 1. The number of terminal acetylenes is 1. The summed E-state index contributed by atoms with van der Waals surface area (Å²) < 4.78 is 27.5.